The summed E-state index contributed by atoms with van der Waals surface area (Å²) in [6.45, 7) is 9.32. The molecule has 3 aromatic rings. The molecule has 4 heterocycles. The van der Waals surface area contributed by atoms with E-state index in [-0.39, 0.29) is 18.5 Å². The lowest BCUT2D eigenvalue weighted by atomic mass is 10.1. The number of alkyl carbamates (subject to hydrolysis) is 1. The first-order valence-electron chi connectivity index (χ1n) is 12.0. The topological polar surface area (TPSA) is 118 Å². The van der Waals surface area contributed by atoms with Crippen LogP contribution in [-0.2, 0) is 24.4 Å². The van der Waals surface area contributed by atoms with Crippen LogP contribution in [0.1, 0.15) is 54.6 Å². The molecular weight excluding hydrogens is 460 g/mol. The predicted molar refractivity (Wildman–Crippen MR) is 136 cm³/mol. The molecule has 36 heavy (non-hydrogen) atoms. The maximum atomic E-state index is 13.6. The molecule has 0 bridgehead atoms. The van der Waals surface area contributed by atoms with Crippen LogP contribution in [0.25, 0.3) is 11.5 Å². The van der Waals surface area contributed by atoms with Crippen molar-refractivity contribution in [3.05, 3.63) is 46.9 Å². The smallest absolute Gasteiger partial charge is 0.407 e. The van der Waals surface area contributed by atoms with E-state index in [2.05, 4.69) is 22.4 Å². The number of aromatic nitrogens is 5. The van der Waals surface area contributed by atoms with Gasteiger partial charge in [0.2, 0.25) is 0 Å². The van der Waals surface area contributed by atoms with E-state index in [1.807, 2.05) is 61.6 Å². The minimum Gasteiger partial charge on any atom is -0.453 e. The van der Waals surface area contributed by atoms with Gasteiger partial charge in [0.15, 0.2) is 5.82 Å². The number of carbonyl (C=O) groups is 2. The molecule has 3 aromatic heterocycles. The molecule has 190 valence electrons. The Bertz CT molecular complexity index is 1290. The zero-order valence-corrected chi connectivity index (χ0v) is 21.6. The highest BCUT2D eigenvalue weighted by molar-refractivity contribution is 6.10. The predicted octanol–water partition coefficient (Wildman–Crippen LogP) is 3.31. The monoisotopic (exact) mass is 492 g/mol. The number of fused-ring (bicyclic) bond motifs is 1. The van der Waals surface area contributed by atoms with Crippen LogP contribution >= 0.6 is 0 Å². The highest BCUT2D eigenvalue weighted by Crippen LogP contribution is 2.32. The third-order valence-corrected chi connectivity index (χ3v) is 6.33. The zero-order valence-electron chi connectivity index (χ0n) is 21.6. The van der Waals surface area contributed by atoms with Crippen LogP contribution in [0.2, 0.25) is 0 Å². The van der Waals surface area contributed by atoms with E-state index < -0.39 is 6.09 Å². The second-order valence-corrected chi connectivity index (χ2v) is 9.00. The molecule has 1 aliphatic heterocycles. The average Bonchev–Trinajstić information content (AvgIpc) is 3.41. The molecule has 0 unspecified atom stereocenters. The molecule has 11 nitrogen and oxygen atoms in total. The number of pyridine rings is 2. The van der Waals surface area contributed by atoms with Crippen molar-refractivity contribution < 1.29 is 14.3 Å². The van der Waals surface area contributed by atoms with Gasteiger partial charge >= 0.3 is 6.09 Å². The fourth-order valence-electron chi connectivity index (χ4n) is 4.12. The molecule has 2 amide bonds. The number of hydrogen-bond acceptors (Lipinski definition) is 8. The van der Waals surface area contributed by atoms with E-state index in [0.717, 1.165) is 24.4 Å². The van der Waals surface area contributed by atoms with Crippen molar-refractivity contribution >= 4 is 23.6 Å². The van der Waals surface area contributed by atoms with Gasteiger partial charge in [-0.25, -0.2) is 14.8 Å². The van der Waals surface area contributed by atoms with E-state index >= 15 is 0 Å². The Morgan fingerprint density at radius 2 is 2.03 bits per heavy atom. The minimum atomic E-state index is -0.560. The number of methoxy groups -OCH3 is 1. The molecule has 0 aliphatic carbocycles. The molecule has 0 spiro atoms. The van der Waals surface area contributed by atoms with Gasteiger partial charge in [-0.05, 0) is 45.4 Å². The molecule has 0 atom stereocenters. The van der Waals surface area contributed by atoms with Crippen LogP contribution < -0.4 is 15.1 Å². The largest absolute Gasteiger partial charge is 0.453 e. The quantitative estimate of drug-likeness (QED) is 0.509. The number of ether oxygens (including phenoxy) is 1. The first-order chi connectivity index (χ1) is 17.2. The molecular formula is C25H32N8O3. The van der Waals surface area contributed by atoms with Crippen molar-refractivity contribution in [2.24, 2.45) is 0 Å². The number of amides is 2. The molecule has 0 aromatic carbocycles. The maximum absolute atomic E-state index is 13.6. The van der Waals surface area contributed by atoms with Crippen LogP contribution in [-0.4, -0.2) is 56.9 Å². The lowest BCUT2D eigenvalue weighted by molar-refractivity contribution is 0.0996. The molecule has 0 saturated carbocycles. The zero-order chi connectivity index (χ0) is 26.0. The van der Waals surface area contributed by atoms with Gasteiger partial charge in [0.25, 0.3) is 5.91 Å². The molecule has 11 heteroatoms. The van der Waals surface area contributed by atoms with E-state index in [4.69, 9.17) is 14.7 Å². The van der Waals surface area contributed by atoms with E-state index in [1.54, 1.807) is 4.90 Å². The van der Waals surface area contributed by atoms with E-state index in [1.165, 1.54) is 7.11 Å². The summed E-state index contributed by atoms with van der Waals surface area (Å²) in [6, 6.07) is 7.53. The summed E-state index contributed by atoms with van der Waals surface area (Å²) in [5.74, 6) is 2.50. The SMILES string of the molecule is CCCn1c(C)nnc1-c1cccc(N2Cc3c(cc(N(C)C(C)C)nc3CNC(=O)OC)C2=O)n1. The average molecular weight is 493 g/mol. The Morgan fingerprint density at radius 1 is 1.25 bits per heavy atom. The second kappa shape index (κ2) is 10.3. The Balaban J connectivity index is 1.71. The van der Waals surface area contributed by atoms with Gasteiger partial charge in [-0.1, -0.05) is 13.0 Å². The third kappa shape index (κ3) is 4.73. The summed E-state index contributed by atoms with van der Waals surface area (Å²) in [5.41, 5.74) is 2.57. The number of carbonyl (C=O) groups excluding carboxylic acids is 2. The van der Waals surface area contributed by atoms with Crippen molar-refractivity contribution in [3.8, 4) is 11.5 Å². The Kier molecular flexibility index (Phi) is 7.18. The van der Waals surface area contributed by atoms with Crippen molar-refractivity contribution in [3.63, 3.8) is 0 Å². The Morgan fingerprint density at radius 3 is 2.72 bits per heavy atom. The summed E-state index contributed by atoms with van der Waals surface area (Å²) in [6.07, 6.45) is 0.379. The van der Waals surface area contributed by atoms with Gasteiger partial charge < -0.3 is 19.5 Å². The first-order valence-corrected chi connectivity index (χ1v) is 12.0. The second-order valence-electron chi connectivity index (χ2n) is 9.00. The van der Waals surface area contributed by atoms with Gasteiger partial charge in [0, 0.05) is 25.2 Å². The van der Waals surface area contributed by atoms with E-state index in [0.29, 0.717) is 41.0 Å². The summed E-state index contributed by atoms with van der Waals surface area (Å²) in [7, 11) is 3.23. The Labute approximate surface area is 210 Å². The summed E-state index contributed by atoms with van der Waals surface area (Å²) < 4.78 is 6.74. The highest BCUT2D eigenvalue weighted by Gasteiger charge is 2.33. The Hall–Kier alpha value is -4.02. The van der Waals surface area contributed by atoms with Crippen molar-refractivity contribution in [2.75, 3.05) is 24.0 Å². The summed E-state index contributed by atoms with van der Waals surface area (Å²) >= 11 is 0. The molecule has 0 fully saturated rings. The lowest BCUT2D eigenvalue weighted by Crippen LogP contribution is -2.28. The van der Waals surface area contributed by atoms with Crippen molar-refractivity contribution in [2.45, 2.75) is 59.8 Å². The molecule has 1 N–H and O–H groups in total. The number of hydrogen-bond donors (Lipinski definition) is 1. The molecule has 0 radical (unpaired) electrons. The summed E-state index contributed by atoms with van der Waals surface area (Å²) in [5, 5.41) is 11.2. The number of rotatable bonds is 8. The van der Waals surface area contributed by atoms with Crippen LogP contribution in [0, 0.1) is 6.92 Å². The number of anilines is 2. The van der Waals surface area contributed by atoms with Crippen LogP contribution in [0.15, 0.2) is 24.3 Å². The maximum Gasteiger partial charge on any atom is 0.407 e. The first kappa shape index (κ1) is 25.1. The number of nitrogens with zero attached hydrogens (tertiary/aromatic N) is 7. The van der Waals surface area contributed by atoms with Gasteiger partial charge in [-0.2, -0.15) is 0 Å². The lowest BCUT2D eigenvalue weighted by Gasteiger charge is -2.24. The highest BCUT2D eigenvalue weighted by atomic mass is 16.5. The minimum absolute atomic E-state index is 0.142. The van der Waals surface area contributed by atoms with Crippen LogP contribution in [0.4, 0.5) is 16.4 Å². The van der Waals surface area contributed by atoms with Gasteiger partial charge in [0.1, 0.15) is 23.2 Å². The third-order valence-electron chi connectivity index (χ3n) is 6.33. The summed E-state index contributed by atoms with van der Waals surface area (Å²) in [4.78, 5) is 38.5. The van der Waals surface area contributed by atoms with Crippen molar-refractivity contribution in [1.29, 1.82) is 0 Å². The number of nitrogens with one attached hydrogen (secondary N) is 1. The fourth-order valence-corrected chi connectivity index (χ4v) is 4.12. The standard InChI is InChI=1S/C25H32N8O3/c1-7-11-32-16(4)29-30-23(32)19-9-8-10-21(27-19)33-14-18-17(24(33)34)12-22(31(5)15(2)3)28-20(18)13-26-25(35)36-6/h8-10,12,15H,7,11,13-14H2,1-6H3,(H,26,35). The fraction of sp³-hybridized carbons (Fsp3) is 0.440. The van der Waals surface area contributed by atoms with E-state index in [9.17, 15) is 9.59 Å². The molecule has 1 aliphatic rings. The van der Waals surface area contributed by atoms with Crippen molar-refractivity contribution in [1.82, 2.24) is 30.0 Å². The number of aryl methyl sites for hydroxylation is 1. The van der Waals surface area contributed by atoms with Crippen LogP contribution in [0.5, 0.6) is 0 Å². The van der Waals surface area contributed by atoms with Gasteiger partial charge in [-0.15, -0.1) is 10.2 Å². The van der Waals surface area contributed by atoms with Gasteiger partial charge in [-0.3, -0.25) is 9.69 Å². The van der Waals surface area contributed by atoms with Crippen LogP contribution in [0.3, 0.4) is 0 Å². The van der Waals surface area contributed by atoms with Gasteiger partial charge in [0.05, 0.1) is 31.5 Å². The molecule has 0 saturated heterocycles. The molecule has 4 rings (SSSR count). The normalized spacial score (nSPS) is 12.8.